The summed E-state index contributed by atoms with van der Waals surface area (Å²) in [5.74, 6) is 0.221. The molecular weight excluding hydrogens is 328 g/mol. The zero-order chi connectivity index (χ0) is 17.4. The molecule has 2 aromatic rings. The Hall–Kier alpha value is -2.53. The molecule has 0 saturated heterocycles. The first-order valence-electron chi connectivity index (χ1n) is 7.52. The quantitative estimate of drug-likeness (QED) is 0.790. The van der Waals surface area contributed by atoms with Crippen molar-refractivity contribution in [2.24, 2.45) is 0 Å². The lowest BCUT2D eigenvalue weighted by atomic mass is 10.1. The first-order valence-corrected chi connectivity index (χ1v) is 7.89. The average Bonchev–Trinajstić information content (AvgIpc) is 2.60. The number of hydrazine groups is 1. The van der Waals surface area contributed by atoms with Gasteiger partial charge in [-0.1, -0.05) is 35.9 Å². The molecular formula is C18H19ClN2O3. The first-order chi connectivity index (χ1) is 11.6. The third-order valence-electron chi connectivity index (χ3n) is 3.39. The van der Waals surface area contributed by atoms with E-state index in [-0.39, 0.29) is 24.7 Å². The van der Waals surface area contributed by atoms with E-state index in [1.807, 2.05) is 24.3 Å². The van der Waals surface area contributed by atoms with Crippen LogP contribution in [0.5, 0.6) is 5.75 Å². The van der Waals surface area contributed by atoms with Gasteiger partial charge in [0, 0.05) is 11.4 Å². The Morgan fingerprint density at radius 3 is 2.42 bits per heavy atom. The van der Waals surface area contributed by atoms with E-state index < -0.39 is 0 Å². The molecule has 0 aromatic heterocycles. The van der Waals surface area contributed by atoms with Crippen molar-refractivity contribution >= 4 is 23.4 Å². The SMILES string of the molecule is COc1cccc(CCC(=O)NNC(=O)Cc2ccc(Cl)cc2)c1. The topological polar surface area (TPSA) is 67.4 Å². The lowest BCUT2D eigenvalue weighted by Gasteiger charge is -2.08. The number of carbonyl (C=O) groups excluding carboxylic acids is 2. The van der Waals surface area contributed by atoms with Gasteiger partial charge < -0.3 is 4.74 Å². The van der Waals surface area contributed by atoms with Crippen LogP contribution in [-0.2, 0) is 22.4 Å². The number of benzene rings is 2. The lowest BCUT2D eigenvalue weighted by Crippen LogP contribution is -2.42. The van der Waals surface area contributed by atoms with Gasteiger partial charge in [-0.2, -0.15) is 0 Å². The number of hydrogen-bond acceptors (Lipinski definition) is 3. The standard InChI is InChI=1S/C18H19ClN2O3/c1-24-16-4-2-3-13(11-16)7-10-17(22)20-21-18(23)12-14-5-8-15(19)9-6-14/h2-6,8-9,11H,7,10,12H2,1H3,(H,20,22)(H,21,23). The molecule has 0 atom stereocenters. The van der Waals surface area contributed by atoms with Crippen molar-refractivity contribution in [1.29, 1.82) is 0 Å². The van der Waals surface area contributed by atoms with E-state index in [4.69, 9.17) is 16.3 Å². The molecule has 0 unspecified atom stereocenters. The van der Waals surface area contributed by atoms with Gasteiger partial charge in [-0.15, -0.1) is 0 Å². The Morgan fingerprint density at radius 2 is 1.71 bits per heavy atom. The number of halogens is 1. The van der Waals surface area contributed by atoms with Gasteiger partial charge in [0.1, 0.15) is 5.75 Å². The molecule has 0 bridgehead atoms. The Morgan fingerprint density at radius 1 is 1.00 bits per heavy atom. The van der Waals surface area contributed by atoms with E-state index >= 15 is 0 Å². The second-order valence-electron chi connectivity index (χ2n) is 5.25. The minimum Gasteiger partial charge on any atom is -0.497 e. The van der Waals surface area contributed by atoms with E-state index in [2.05, 4.69) is 10.9 Å². The first kappa shape index (κ1) is 17.8. The van der Waals surface area contributed by atoms with Gasteiger partial charge in [-0.3, -0.25) is 20.4 Å². The molecule has 126 valence electrons. The fourth-order valence-electron chi connectivity index (χ4n) is 2.12. The molecule has 0 heterocycles. The number of carbonyl (C=O) groups is 2. The summed E-state index contributed by atoms with van der Waals surface area (Å²) in [5, 5.41) is 0.616. The Labute approximate surface area is 145 Å². The molecule has 5 nitrogen and oxygen atoms in total. The lowest BCUT2D eigenvalue weighted by molar-refractivity contribution is -0.128. The molecule has 0 aliphatic heterocycles. The molecule has 2 aromatic carbocycles. The minimum absolute atomic E-state index is 0.174. The zero-order valence-electron chi connectivity index (χ0n) is 13.3. The Kier molecular flexibility index (Phi) is 6.63. The highest BCUT2D eigenvalue weighted by atomic mass is 35.5. The van der Waals surface area contributed by atoms with Crippen molar-refractivity contribution in [3.63, 3.8) is 0 Å². The molecule has 0 spiro atoms. The third-order valence-corrected chi connectivity index (χ3v) is 3.65. The van der Waals surface area contributed by atoms with E-state index in [9.17, 15) is 9.59 Å². The van der Waals surface area contributed by atoms with Crippen LogP contribution in [0.15, 0.2) is 48.5 Å². The summed E-state index contributed by atoms with van der Waals surface area (Å²) < 4.78 is 5.14. The second-order valence-corrected chi connectivity index (χ2v) is 5.69. The number of methoxy groups -OCH3 is 1. The summed E-state index contributed by atoms with van der Waals surface area (Å²) >= 11 is 5.79. The fraction of sp³-hybridized carbons (Fsp3) is 0.222. The number of rotatable bonds is 6. The van der Waals surface area contributed by atoms with Gasteiger partial charge >= 0.3 is 0 Å². The summed E-state index contributed by atoms with van der Waals surface area (Å²) in [5.41, 5.74) is 6.64. The molecule has 2 amide bonds. The van der Waals surface area contributed by atoms with Crippen LogP contribution < -0.4 is 15.6 Å². The monoisotopic (exact) mass is 346 g/mol. The molecule has 0 fully saturated rings. The maximum Gasteiger partial charge on any atom is 0.242 e. The summed E-state index contributed by atoms with van der Waals surface area (Å²) in [6.45, 7) is 0. The summed E-state index contributed by atoms with van der Waals surface area (Å²) in [4.78, 5) is 23.6. The van der Waals surface area contributed by atoms with Crippen LogP contribution in [-0.4, -0.2) is 18.9 Å². The molecule has 24 heavy (non-hydrogen) atoms. The van der Waals surface area contributed by atoms with E-state index in [0.29, 0.717) is 11.4 Å². The van der Waals surface area contributed by atoms with Crippen molar-refractivity contribution in [3.05, 3.63) is 64.7 Å². The van der Waals surface area contributed by atoms with Crippen LogP contribution in [0.1, 0.15) is 17.5 Å². The van der Waals surface area contributed by atoms with Crippen LogP contribution in [0.4, 0.5) is 0 Å². The summed E-state index contributed by atoms with van der Waals surface area (Å²) in [6.07, 6.45) is 1.01. The maximum atomic E-state index is 11.8. The van der Waals surface area contributed by atoms with Gasteiger partial charge in [-0.05, 0) is 41.8 Å². The molecule has 0 saturated carbocycles. The highest BCUT2D eigenvalue weighted by molar-refractivity contribution is 6.30. The minimum atomic E-state index is -0.285. The molecule has 0 radical (unpaired) electrons. The molecule has 6 heteroatoms. The van der Waals surface area contributed by atoms with Crippen molar-refractivity contribution in [3.8, 4) is 5.75 Å². The molecule has 0 aliphatic carbocycles. The average molecular weight is 347 g/mol. The Bertz CT molecular complexity index is 702. The van der Waals surface area contributed by atoms with E-state index in [0.717, 1.165) is 16.9 Å². The summed E-state index contributed by atoms with van der Waals surface area (Å²) in [7, 11) is 1.60. The highest BCUT2D eigenvalue weighted by Gasteiger charge is 2.07. The van der Waals surface area contributed by atoms with Gasteiger partial charge in [-0.25, -0.2) is 0 Å². The smallest absolute Gasteiger partial charge is 0.242 e. The Balaban J connectivity index is 1.72. The van der Waals surface area contributed by atoms with Gasteiger partial charge in [0.15, 0.2) is 0 Å². The van der Waals surface area contributed by atoms with Gasteiger partial charge in [0.25, 0.3) is 0 Å². The molecule has 0 aliphatic rings. The highest BCUT2D eigenvalue weighted by Crippen LogP contribution is 2.13. The van der Waals surface area contributed by atoms with E-state index in [1.54, 1.807) is 31.4 Å². The van der Waals surface area contributed by atoms with Crippen LogP contribution in [0.3, 0.4) is 0 Å². The van der Waals surface area contributed by atoms with Crippen LogP contribution in [0, 0.1) is 0 Å². The van der Waals surface area contributed by atoms with Gasteiger partial charge in [0.2, 0.25) is 11.8 Å². The molecule has 2 N–H and O–H groups in total. The second kappa shape index (κ2) is 8.93. The number of nitrogens with one attached hydrogen (secondary N) is 2. The van der Waals surface area contributed by atoms with Gasteiger partial charge in [0.05, 0.1) is 13.5 Å². The predicted molar refractivity (Wildman–Crippen MR) is 92.8 cm³/mol. The van der Waals surface area contributed by atoms with Crippen molar-refractivity contribution in [1.82, 2.24) is 10.9 Å². The third kappa shape index (κ3) is 5.93. The van der Waals surface area contributed by atoms with E-state index in [1.165, 1.54) is 0 Å². The normalized spacial score (nSPS) is 10.1. The maximum absolute atomic E-state index is 11.8. The zero-order valence-corrected chi connectivity index (χ0v) is 14.1. The van der Waals surface area contributed by atoms with Crippen LogP contribution >= 0.6 is 11.6 Å². The summed E-state index contributed by atoms with van der Waals surface area (Å²) in [6, 6.07) is 14.5. The van der Waals surface area contributed by atoms with Crippen LogP contribution in [0.25, 0.3) is 0 Å². The molecule has 2 rings (SSSR count). The van der Waals surface area contributed by atoms with Crippen molar-refractivity contribution in [2.45, 2.75) is 19.3 Å². The number of amides is 2. The number of hydrogen-bond donors (Lipinski definition) is 2. The van der Waals surface area contributed by atoms with Crippen molar-refractivity contribution < 1.29 is 14.3 Å². The largest absolute Gasteiger partial charge is 0.497 e. The fourth-order valence-corrected chi connectivity index (χ4v) is 2.25. The number of ether oxygens (including phenoxy) is 1. The number of aryl methyl sites for hydroxylation is 1. The van der Waals surface area contributed by atoms with Crippen LogP contribution in [0.2, 0.25) is 5.02 Å². The predicted octanol–water partition coefficient (Wildman–Crippen LogP) is 2.67. The van der Waals surface area contributed by atoms with Crippen molar-refractivity contribution in [2.75, 3.05) is 7.11 Å².